The van der Waals surface area contributed by atoms with Crippen molar-refractivity contribution in [1.29, 1.82) is 0 Å². The molecule has 0 fully saturated rings. The van der Waals surface area contributed by atoms with Crippen molar-refractivity contribution in [2.75, 3.05) is 5.32 Å². The van der Waals surface area contributed by atoms with Crippen molar-refractivity contribution >= 4 is 11.6 Å². The molecule has 4 aromatic rings. The van der Waals surface area contributed by atoms with Crippen molar-refractivity contribution in [3.63, 3.8) is 0 Å². The zero-order valence-corrected chi connectivity index (χ0v) is 19.0. The monoisotopic (exact) mass is 462 g/mol. The minimum atomic E-state index is -0.547. The fourth-order valence-electron chi connectivity index (χ4n) is 4.45. The molecule has 1 amide bonds. The summed E-state index contributed by atoms with van der Waals surface area (Å²) in [5, 5.41) is 15.8. The largest absolute Gasteiger partial charge is 0.319 e. The van der Waals surface area contributed by atoms with Crippen LogP contribution >= 0.6 is 0 Å². The van der Waals surface area contributed by atoms with Gasteiger partial charge in [-0.25, -0.2) is 13.5 Å². The van der Waals surface area contributed by atoms with Gasteiger partial charge in [0.2, 0.25) is 0 Å². The number of hydrogen-bond acceptors (Lipinski definition) is 4. The summed E-state index contributed by atoms with van der Waals surface area (Å²) < 4.78 is 31.6. The van der Waals surface area contributed by atoms with Crippen LogP contribution in [0.25, 0.3) is 17.1 Å². The summed E-state index contributed by atoms with van der Waals surface area (Å²) >= 11 is 0. The van der Waals surface area contributed by atoms with Crippen LogP contribution in [0, 0.1) is 25.5 Å². The lowest BCUT2D eigenvalue weighted by Crippen LogP contribution is -2.15. The third kappa shape index (κ3) is 3.98. The summed E-state index contributed by atoms with van der Waals surface area (Å²) in [5.41, 5.74) is 2.77. The minimum Gasteiger partial charge on any atom is -0.319 e. The number of carbonyl (C=O) groups excluding carboxylic acids is 1. The molecule has 1 aliphatic heterocycles. The van der Waals surface area contributed by atoms with Crippen LogP contribution in [0.15, 0.2) is 42.5 Å². The van der Waals surface area contributed by atoms with Gasteiger partial charge in [0.15, 0.2) is 5.82 Å². The third-order valence-corrected chi connectivity index (χ3v) is 6.17. The summed E-state index contributed by atoms with van der Waals surface area (Å²) in [6, 6.07) is 10.4. The normalized spacial score (nSPS) is 13.4. The molecule has 1 aliphatic rings. The minimum absolute atomic E-state index is 0.0572. The Balaban J connectivity index is 1.45. The summed E-state index contributed by atoms with van der Waals surface area (Å²) in [5.74, 6) is 0.224. The number of aromatic nitrogens is 5. The van der Waals surface area contributed by atoms with Crippen LogP contribution in [0.2, 0.25) is 0 Å². The van der Waals surface area contributed by atoms with Gasteiger partial charge in [-0.3, -0.25) is 4.79 Å². The molecule has 5 rings (SSSR count). The van der Waals surface area contributed by atoms with Crippen LogP contribution in [-0.4, -0.2) is 30.5 Å². The summed E-state index contributed by atoms with van der Waals surface area (Å²) in [6.45, 7) is 4.27. The number of rotatable bonds is 4. The first-order valence-corrected chi connectivity index (χ1v) is 11.3. The number of nitrogens with zero attached hydrogens (tertiary/aromatic N) is 5. The highest BCUT2D eigenvalue weighted by atomic mass is 19.1. The van der Waals surface area contributed by atoms with Gasteiger partial charge < -0.3 is 9.88 Å². The van der Waals surface area contributed by atoms with Gasteiger partial charge in [-0.2, -0.15) is 5.10 Å². The first kappa shape index (κ1) is 21.9. The lowest BCUT2D eigenvalue weighted by Gasteiger charge is -2.11. The Hall–Kier alpha value is -3.88. The van der Waals surface area contributed by atoms with Gasteiger partial charge in [0.25, 0.3) is 5.91 Å². The molecule has 7 nitrogen and oxygen atoms in total. The van der Waals surface area contributed by atoms with E-state index in [0.717, 1.165) is 38.1 Å². The van der Waals surface area contributed by atoms with Crippen LogP contribution in [0.1, 0.15) is 46.8 Å². The average Bonchev–Trinajstić information content (AvgIpc) is 3.26. The molecule has 0 saturated heterocycles. The van der Waals surface area contributed by atoms with Crippen LogP contribution in [0.3, 0.4) is 0 Å². The zero-order valence-electron chi connectivity index (χ0n) is 19.0. The predicted octanol–water partition coefficient (Wildman–Crippen LogP) is 5.00. The highest BCUT2D eigenvalue weighted by Gasteiger charge is 2.22. The first-order chi connectivity index (χ1) is 16.4. The van der Waals surface area contributed by atoms with Crippen LogP contribution in [0.5, 0.6) is 0 Å². The highest BCUT2D eigenvalue weighted by Crippen LogP contribution is 2.28. The molecule has 0 aliphatic carbocycles. The molecule has 3 heterocycles. The van der Waals surface area contributed by atoms with E-state index in [0.29, 0.717) is 34.0 Å². The second-order valence-corrected chi connectivity index (χ2v) is 8.48. The molecule has 0 atom stereocenters. The van der Waals surface area contributed by atoms with Crippen LogP contribution in [-0.2, 0) is 13.0 Å². The van der Waals surface area contributed by atoms with E-state index in [-0.39, 0.29) is 11.5 Å². The Morgan fingerprint density at radius 2 is 1.79 bits per heavy atom. The van der Waals surface area contributed by atoms with Crippen molar-refractivity contribution in [1.82, 2.24) is 24.5 Å². The Labute approximate surface area is 195 Å². The standard InChI is InChI=1S/C25H24F2N6O/c1-15-23(16(2)33(31-15)19-10-8-18(26)9-11-19)25(34)28-21-14-17(7-12-20(21)27)24-30-29-22-6-4-3-5-13-32(22)24/h7-12,14H,3-6,13H2,1-2H3,(H,28,34). The summed E-state index contributed by atoms with van der Waals surface area (Å²) in [6.07, 6.45) is 4.12. The molecule has 2 aromatic carbocycles. The molecule has 0 bridgehead atoms. The molecule has 9 heteroatoms. The molecular weight excluding hydrogens is 438 g/mol. The van der Waals surface area contributed by atoms with E-state index in [4.69, 9.17) is 0 Å². The van der Waals surface area contributed by atoms with Gasteiger partial charge in [0.05, 0.1) is 28.3 Å². The third-order valence-electron chi connectivity index (χ3n) is 6.17. The van der Waals surface area contributed by atoms with Gasteiger partial charge in [-0.1, -0.05) is 6.42 Å². The van der Waals surface area contributed by atoms with E-state index < -0.39 is 11.7 Å². The highest BCUT2D eigenvalue weighted by molar-refractivity contribution is 6.06. The number of amides is 1. The maximum atomic E-state index is 14.7. The van der Waals surface area contributed by atoms with Crippen molar-refractivity contribution in [3.05, 3.63) is 76.9 Å². The van der Waals surface area contributed by atoms with Gasteiger partial charge in [-0.15, -0.1) is 10.2 Å². The number of hydrogen-bond donors (Lipinski definition) is 1. The fraction of sp³-hybridized carbons (Fsp3) is 0.280. The zero-order chi connectivity index (χ0) is 23.8. The van der Waals surface area contributed by atoms with Crippen molar-refractivity contribution in [3.8, 4) is 17.1 Å². The number of aryl methyl sites for hydroxylation is 2. The van der Waals surface area contributed by atoms with Crippen molar-refractivity contribution in [2.45, 2.75) is 46.1 Å². The summed E-state index contributed by atoms with van der Waals surface area (Å²) in [7, 11) is 0. The van der Waals surface area contributed by atoms with E-state index in [2.05, 4.69) is 25.2 Å². The maximum Gasteiger partial charge on any atom is 0.259 e. The van der Waals surface area contributed by atoms with Crippen molar-refractivity contribution < 1.29 is 13.6 Å². The second kappa shape index (κ2) is 8.81. The number of fused-ring (bicyclic) bond motifs is 1. The lowest BCUT2D eigenvalue weighted by molar-refractivity contribution is 0.102. The number of anilines is 1. The topological polar surface area (TPSA) is 77.6 Å². The number of nitrogens with one attached hydrogen (secondary N) is 1. The van der Waals surface area contributed by atoms with E-state index in [1.807, 2.05) is 0 Å². The van der Waals surface area contributed by atoms with E-state index in [1.165, 1.54) is 18.2 Å². The van der Waals surface area contributed by atoms with Gasteiger partial charge >= 0.3 is 0 Å². The van der Waals surface area contributed by atoms with Gasteiger partial charge in [0.1, 0.15) is 17.5 Å². The van der Waals surface area contributed by atoms with E-state index >= 15 is 0 Å². The Morgan fingerprint density at radius 3 is 2.59 bits per heavy atom. The van der Waals surface area contributed by atoms with E-state index in [1.54, 1.807) is 42.8 Å². The molecule has 34 heavy (non-hydrogen) atoms. The molecule has 0 saturated carbocycles. The Kier molecular flexibility index (Phi) is 5.69. The lowest BCUT2D eigenvalue weighted by atomic mass is 10.1. The number of halogens is 2. The van der Waals surface area contributed by atoms with Crippen LogP contribution < -0.4 is 5.32 Å². The molecule has 1 N–H and O–H groups in total. The SMILES string of the molecule is Cc1nn(-c2ccc(F)cc2)c(C)c1C(=O)Nc1cc(-c2nnc3n2CCCCC3)ccc1F. The Morgan fingerprint density at radius 1 is 1.00 bits per heavy atom. The maximum absolute atomic E-state index is 14.7. The Bertz CT molecular complexity index is 1370. The first-order valence-electron chi connectivity index (χ1n) is 11.3. The van der Waals surface area contributed by atoms with Gasteiger partial charge in [-0.05, 0) is 69.2 Å². The smallest absolute Gasteiger partial charge is 0.259 e. The number of carbonyl (C=O) groups is 1. The molecule has 0 unspecified atom stereocenters. The molecule has 2 aromatic heterocycles. The molecule has 0 radical (unpaired) electrons. The fourth-order valence-corrected chi connectivity index (χ4v) is 4.45. The predicted molar refractivity (Wildman–Crippen MR) is 124 cm³/mol. The molecular formula is C25H24F2N6O. The summed E-state index contributed by atoms with van der Waals surface area (Å²) in [4.78, 5) is 13.2. The molecule has 0 spiro atoms. The van der Waals surface area contributed by atoms with Gasteiger partial charge in [0, 0.05) is 18.5 Å². The van der Waals surface area contributed by atoms with E-state index in [9.17, 15) is 13.6 Å². The average molecular weight is 463 g/mol. The second-order valence-electron chi connectivity index (χ2n) is 8.48. The quantitative estimate of drug-likeness (QED) is 0.463. The number of benzene rings is 2. The van der Waals surface area contributed by atoms with Crippen LogP contribution in [0.4, 0.5) is 14.5 Å². The van der Waals surface area contributed by atoms with Crippen molar-refractivity contribution in [2.24, 2.45) is 0 Å². The molecule has 174 valence electrons.